The fraction of sp³-hybridized carbons (Fsp3) is 0.361. The molecule has 0 saturated carbocycles. The summed E-state index contributed by atoms with van der Waals surface area (Å²) < 4.78 is 10.8. The number of Topliss-reactive ketones (excluding diaryl/α,β-unsaturated/α-hetero) is 1. The first-order chi connectivity index (χ1) is 20.2. The quantitative estimate of drug-likeness (QED) is 0.120. The maximum atomic E-state index is 13.9. The number of nitrogens with one attached hydrogen (secondary N) is 1. The summed E-state index contributed by atoms with van der Waals surface area (Å²) in [5.74, 6) is 0.895. The van der Waals surface area contributed by atoms with Gasteiger partial charge in [0.05, 0.1) is 45.4 Å². The molecule has 220 valence electrons. The largest absolute Gasteiger partial charge is 0.372 e. The molecule has 5 aromatic rings. The van der Waals surface area contributed by atoms with Crippen molar-refractivity contribution in [3.63, 3.8) is 0 Å². The van der Waals surface area contributed by atoms with E-state index in [0.717, 1.165) is 29.2 Å². The number of carbonyl (C=O) groups excluding carboxylic acids is 1. The molecule has 0 aliphatic carbocycles. The number of hydrogen-bond acceptors (Lipinski definition) is 3. The summed E-state index contributed by atoms with van der Waals surface area (Å²) in [5.41, 5.74) is 8.68. The fourth-order valence-corrected chi connectivity index (χ4v) is 7.16. The van der Waals surface area contributed by atoms with Crippen LogP contribution < -0.4 is 4.90 Å². The molecular weight excluding hydrogens is 538 g/mol. The van der Waals surface area contributed by atoms with E-state index in [-0.39, 0.29) is 17.1 Å². The number of aryl methyl sites for hydroxylation is 2. The van der Waals surface area contributed by atoms with E-state index in [4.69, 9.17) is 4.74 Å². The Morgan fingerprint density at radius 1 is 0.810 bits per heavy atom. The average molecular weight is 583 g/mol. The van der Waals surface area contributed by atoms with Crippen LogP contribution in [0.2, 0.25) is 0 Å². The zero-order chi connectivity index (χ0) is 30.0. The summed E-state index contributed by atoms with van der Waals surface area (Å²) in [6.07, 6.45) is 2.25. The van der Waals surface area contributed by atoms with Crippen LogP contribution in [-0.4, -0.2) is 38.6 Å². The van der Waals surface area contributed by atoms with E-state index in [9.17, 15) is 4.79 Å². The van der Waals surface area contributed by atoms with Crippen molar-refractivity contribution in [2.45, 2.75) is 52.2 Å². The first kappa shape index (κ1) is 30.1. The van der Waals surface area contributed by atoms with Crippen LogP contribution in [0.5, 0.6) is 0 Å². The number of aromatic nitrogens is 2. The Hall–Kier alpha value is -3.32. The zero-order valence-corrected chi connectivity index (χ0v) is 26.9. The lowest BCUT2D eigenvalue weighted by Crippen LogP contribution is -2.97. The maximum Gasteiger partial charge on any atom is 0.194 e. The lowest BCUT2D eigenvalue weighted by Gasteiger charge is -2.25. The van der Waals surface area contributed by atoms with Crippen molar-refractivity contribution in [3.05, 3.63) is 89.7 Å². The molecule has 5 rings (SSSR count). The van der Waals surface area contributed by atoms with Crippen molar-refractivity contribution in [1.82, 2.24) is 9.13 Å². The predicted octanol–water partition coefficient (Wildman–Crippen LogP) is 7.98. The van der Waals surface area contributed by atoms with Crippen molar-refractivity contribution < 1.29 is 14.4 Å². The third-order valence-electron chi connectivity index (χ3n) is 9.20. The molecule has 0 aliphatic rings. The van der Waals surface area contributed by atoms with E-state index >= 15 is 0 Å². The second-order valence-corrected chi connectivity index (χ2v) is 13.2. The average Bonchev–Trinajstić information content (AvgIpc) is 3.42. The van der Waals surface area contributed by atoms with Crippen molar-refractivity contribution in [2.24, 2.45) is 14.1 Å². The molecule has 3 aromatic carbocycles. The Kier molecular flexibility index (Phi) is 8.97. The SMILES string of the molecule is CCC(C)(CC)SCCOCC(=O)c1ccccc1[NH+](c1c(C)n(C)c2ccccc12)c1c(C)n(C)c2ccccc12. The summed E-state index contributed by atoms with van der Waals surface area (Å²) in [7, 11) is 4.25. The Labute approximate surface area is 254 Å². The molecule has 0 atom stereocenters. The normalized spacial score (nSPS) is 12.2. The minimum atomic E-state index is 0.0117. The topological polar surface area (TPSA) is 40.6 Å². The number of carbonyl (C=O) groups is 1. The van der Waals surface area contributed by atoms with Gasteiger partial charge in [0.2, 0.25) is 0 Å². The van der Waals surface area contributed by atoms with Gasteiger partial charge in [-0.15, -0.1) is 0 Å². The highest BCUT2D eigenvalue weighted by molar-refractivity contribution is 8.00. The smallest absolute Gasteiger partial charge is 0.194 e. The lowest BCUT2D eigenvalue weighted by atomic mass is 10.0. The first-order valence-electron chi connectivity index (χ1n) is 15.0. The zero-order valence-electron chi connectivity index (χ0n) is 26.1. The number of thioether (sulfide) groups is 1. The van der Waals surface area contributed by atoms with E-state index in [1.165, 1.54) is 44.6 Å². The van der Waals surface area contributed by atoms with Crippen LogP contribution in [0, 0.1) is 13.8 Å². The molecule has 2 heterocycles. The van der Waals surface area contributed by atoms with Gasteiger partial charge in [-0.1, -0.05) is 57.2 Å². The number of nitrogens with zero attached hydrogens (tertiary/aromatic N) is 2. The number of ether oxygens (including phenoxy) is 1. The number of hydrogen-bond donors (Lipinski definition) is 1. The monoisotopic (exact) mass is 582 g/mol. The minimum absolute atomic E-state index is 0.0117. The Bertz CT molecular complexity index is 1640. The molecule has 0 bridgehead atoms. The fourth-order valence-electron chi connectivity index (χ4n) is 6.06. The van der Waals surface area contributed by atoms with Gasteiger partial charge in [-0.05, 0) is 57.0 Å². The van der Waals surface area contributed by atoms with Gasteiger partial charge in [0, 0.05) is 30.7 Å². The van der Waals surface area contributed by atoms with Gasteiger partial charge < -0.3 is 13.9 Å². The highest BCUT2D eigenvalue weighted by Gasteiger charge is 2.34. The number of para-hydroxylation sites is 3. The van der Waals surface area contributed by atoms with E-state index in [1.807, 2.05) is 30.0 Å². The molecule has 5 nitrogen and oxygen atoms in total. The van der Waals surface area contributed by atoms with Gasteiger partial charge in [-0.2, -0.15) is 11.8 Å². The molecule has 0 spiro atoms. The summed E-state index contributed by atoms with van der Waals surface area (Å²) in [5, 5.41) is 2.37. The van der Waals surface area contributed by atoms with Gasteiger partial charge in [0.1, 0.15) is 6.61 Å². The third kappa shape index (κ3) is 5.44. The minimum Gasteiger partial charge on any atom is -0.372 e. The summed E-state index contributed by atoms with van der Waals surface area (Å²) >= 11 is 1.94. The predicted molar refractivity (Wildman–Crippen MR) is 178 cm³/mol. The van der Waals surface area contributed by atoms with Gasteiger partial charge in [-0.3, -0.25) is 4.79 Å². The van der Waals surface area contributed by atoms with Gasteiger partial charge in [0.15, 0.2) is 22.8 Å². The van der Waals surface area contributed by atoms with Gasteiger partial charge >= 0.3 is 0 Å². The number of fused-ring (bicyclic) bond motifs is 2. The molecule has 1 N–H and O–H groups in total. The van der Waals surface area contributed by atoms with Crippen LogP contribution in [0.15, 0.2) is 72.8 Å². The first-order valence-corrected chi connectivity index (χ1v) is 16.0. The number of rotatable bonds is 12. The van der Waals surface area contributed by atoms with Crippen molar-refractivity contribution in [2.75, 3.05) is 19.0 Å². The number of ketones is 1. The van der Waals surface area contributed by atoms with E-state index in [1.54, 1.807) is 0 Å². The summed E-state index contributed by atoms with van der Waals surface area (Å²) in [4.78, 5) is 15.0. The van der Waals surface area contributed by atoms with E-state index < -0.39 is 0 Å². The summed E-state index contributed by atoms with van der Waals surface area (Å²) in [6, 6.07) is 25.2. The highest BCUT2D eigenvalue weighted by atomic mass is 32.2. The Balaban J connectivity index is 1.59. The molecule has 0 radical (unpaired) electrons. The second-order valence-electron chi connectivity index (χ2n) is 11.5. The number of benzene rings is 3. The molecule has 42 heavy (non-hydrogen) atoms. The second kappa shape index (κ2) is 12.5. The standard InChI is InChI=1S/C36H43N3O2S/c1-8-36(5,9-2)42-23-22-41-24-33(40)27-16-10-15-21-32(27)39(34-25(3)37(6)30-19-13-11-17-28(30)34)35-26(4)38(7)31-20-14-12-18-29(31)35/h10-21H,8-9,22-24H2,1-7H3/p+1. The molecule has 0 saturated heterocycles. The lowest BCUT2D eigenvalue weighted by molar-refractivity contribution is -0.679. The van der Waals surface area contributed by atoms with Crippen LogP contribution in [0.3, 0.4) is 0 Å². The van der Waals surface area contributed by atoms with Crippen molar-refractivity contribution in [1.29, 1.82) is 0 Å². The third-order valence-corrected chi connectivity index (χ3v) is 10.8. The van der Waals surface area contributed by atoms with Crippen molar-refractivity contribution >= 4 is 56.4 Å². The van der Waals surface area contributed by atoms with Crippen LogP contribution in [0.4, 0.5) is 17.1 Å². The van der Waals surface area contributed by atoms with E-state index in [2.05, 4.69) is 112 Å². The number of quaternary nitrogens is 1. The molecule has 0 fully saturated rings. The van der Waals surface area contributed by atoms with Gasteiger partial charge in [-0.25, -0.2) is 4.90 Å². The van der Waals surface area contributed by atoms with Gasteiger partial charge in [0.25, 0.3) is 0 Å². The molecule has 0 amide bonds. The molecule has 0 unspecified atom stereocenters. The van der Waals surface area contributed by atoms with E-state index in [0.29, 0.717) is 12.2 Å². The Morgan fingerprint density at radius 2 is 1.31 bits per heavy atom. The van der Waals surface area contributed by atoms with Crippen LogP contribution in [-0.2, 0) is 18.8 Å². The Morgan fingerprint density at radius 3 is 1.86 bits per heavy atom. The van der Waals surface area contributed by atoms with Crippen LogP contribution in [0.1, 0.15) is 55.4 Å². The van der Waals surface area contributed by atoms with Crippen molar-refractivity contribution in [3.8, 4) is 0 Å². The molecule has 0 aliphatic heterocycles. The van der Waals surface area contributed by atoms with Crippen LogP contribution >= 0.6 is 11.8 Å². The summed E-state index contributed by atoms with van der Waals surface area (Å²) in [6.45, 7) is 11.8. The maximum absolute atomic E-state index is 13.9. The highest BCUT2D eigenvalue weighted by Crippen LogP contribution is 2.35. The molecule has 2 aromatic heterocycles. The van der Waals surface area contributed by atoms with Crippen LogP contribution in [0.25, 0.3) is 21.8 Å². The molecular formula is C36H44N3O2S+. The molecule has 6 heteroatoms.